The molecule has 3 nitrogen and oxygen atoms in total. The lowest BCUT2D eigenvalue weighted by molar-refractivity contribution is -0.139. The lowest BCUT2D eigenvalue weighted by Crippen LogP contribution is -2.32. The largest absolute Gasteiger partial charge is 0.480 e. The molecule has 1 unspecified atom stereocenters. The summed E-state index contributed by atoms with van der Waals surface area (Å²) < 4.78 is 0. The third-order valence-electron chi connectivity index (χ3n) is 1.05. The highest BCUT2D eigenvalue weighted by atomic mass is 35.5. The highest BCUT2D eigenvalue weighted by Crippen LogP contribution is 1.86. The van der Waals surface area contributed by atoms with Crippen LogP contribution in [0.1, 0.15) is 13.3 Å². The summed E-state index contributed by atoms with van der Waals surface area (Å²) in [5, 5.41) is 11.0. The first-order valence-electron chi connectivity index (χ1n) is 2.62. The molecule has 0 saturated heterocycles. The first-order chi connectivity index (χ1) is 3.72. The van der Waals surface area contributed by atoms with Crippen LogP contribution in [0.5, 0.6) is 0 Å². The van der Waals surface area contributed by atoms with Crippen molar-refractivity contribution in [2.45, 2.75) is 19.4 Å². The highest BCUT2D eigenvalue weighted by molar-refractivity contribution is 5.85. The van der Waals surface area contributed by atoms with E-state index in [-0.39, 0.29) is 18.4 Å². The van der Waals surface area contributed by atoms with E-state index >= 15 is 0 Å². The van der Waals surface area contributed by atoms with Gasteiger partial charge in [-0.1, -0.05) is 6.92 Å². The molecule has 56 valence electrons. The van der Waals surface area contributed by atoms with Crippen LogP contribution in [0.15, 0.2) is 0 Å². The van der Waals surface area contributed by atoms with Crippen LogP contribution in [0.3, 0.4) is 0 Å². The Balaban J connectivity index is 0. The number of carboxylic acid groups (broad SMARTS) is 1. The van der Waals surface area contributed by atoms with Gasteiger partial charge in [0.25, 0.3) is 0 Å². The molecular weight excluding hydrogens is 142 g/mol. The van der Waals surface area contributed by atoms with Crippen LogP contribution in [-0.2, 0) is 4.79 Å². The molecule has 0 radical (unpaired) electrons. The monoisotopic (exact) mass is 153 g/mol. The van der Waals surface area contributed by atoms with Crippen LogP contribution < -0.4 is 5.32 Å². The quantitative estimate of drug-likeness (QED) is 0.621. The molecule has 4 heteroatoms. The molecule has 1 atom stereocenters. The zero-order valence-electron chi connectivity index (χ0n) is 5.55. The van der Waals surface area contributed by atoms with E-state index in [1.165, 1.54) is 0 Å². The van der Waals surface area contributed by atoms with Gasteiger partial charge in [0.2, 0.25) is 0 Å². The number of likely N-dealkylation sites (N-methyl/N-ethyl adjacent to an activating group) is 1. The highest BCUT2D eigenvalue weighted by Gasteiger charge is 2.09. The van der Waals surface area contributed by atoms with Gasteiger partial charge in [-0.15, -0.1) is 12.4 Å². The number of aliphatic carboxylic acids is 1. The number of rotatable bonds is 3. The second-order valence-corrected chi connectivity index (χ2v) is 1.59. The SMILES string of the molecule is CCC(NC)C(=O)O.Cl. The maximum atomic E-state index is 10.1. The second-order valence-electron chi connectivity index (χ2n) is 1.59. The topological polar surface area (TPSA) is 49.3 Å². The molecule has 0 saturated carbocycles. The molecule has 0 rings (SSSR count). The fraction of sp³-hybridized carbons (Fsp3) is 0.800. The molecular formula is C5H12ClNO2. The van der Waals surface area contributed by atoms with Gasteiger partial charge in [-0.3, -0.25) is 4.79 Å². The number of carbonyl (C=O) groups is 1. The molecule has 0 heterocycles. The van der Waals surface area contributed by atoms with Gasteiger partial charge >= 0.3 is 5.97 Å². The van der Waals surface area contributed by atoms with Crippen molar-refractivity contribution in [2.24, 2.45) is 0 Å². The average Bonchev–Trinajstić information content (AvgIpc) is 1.69. The van der Waals surface area contributed by atoms with Crippen molar-refractivity contribution in [1.82, 2.24) is 5.32 Å². The van der Waals surface area contributed by atoms with Gasteiger partial charge < -0.3 is 10.4 Å². The summed E-state index contributed by atoms with van der Waals surface area (Å²) in [4.78, 5) is 10.1. The third kappa shape index (κ3) is 4.24. The van der Waals surface area contributed by atoms with Gasteiger partial charge in [0, 0.05) is 0 Å². The van der Waals surface area contributed by atoms with E-state index < -0.39 is 5.97 Å². The molecule has 0 aromatic heterocycles. The summed E-state index contributed by atoms with van der Waals surface area (Å²) in [6, 6.07) is -0.380. The van der Waals surface area contributed by atoms with Crippen molar-refractivity contribution in [3.8, 4) is 0 Å². The van der Waals surface area contributed by atoms with E-state index in [1.807, 2.05) is 6.92 Å². The van der Waals surface area contributed by atoms with Crippen LogP contribution >= 0.6 is 12.4 Å². The van der Waals surface area contributed by atoms with Gasteiger partial charge in [0.15, 0.2) is 0 Å². The molecule has 0 spiro atoms. The number of halogens is 1. The van der Waals surface area contributed by atoms with E-state index in [9.17, 15) is 4.79 Å². The Morgan fingerprint density at radius 1 is 1.78 bits per heavy atom. The Hall–Kier alpha value is -0.280. The molecule has 0 fully saturated rings. The second kappa shape index (κ2) is 5.85. The predicted octanol–water partition coefficient (Wildman–Crippen LogP) is 0.491. The van der Waals surface area contributed by atoms with E-state index in [0.29, 0.717) is 6.42 Å². The third-order valence-corrected chi connectivity index (χ3v) is 1.05. The van der Waals surface area contributed by atoms with Crippen LogP contribution in [0.4, 0.5) is 0 Å². The first kappa shape index (κ1) is 11.5. The number of hydrogen-bond acceptors (Lipinski definition) is 2. The average molecular weight is 154 g/mol. The molecule has 0 aliphatic heterocycles. The van der Waals surface area contributed by atoms with E-state index in [2.05, 4.69) is 5.32 Å². The van der Waals surface area contributed by atoms with Gasteiger partial charge in [0.1, 0.15) is 6.04 Å². The summed E-state index contributed by atoms with van der Waals surface area (Å²) in [5.41, 5.74) is 0. The number of hydrogen-bond donors (Lipinski definition) is 2. The molecule has 0 bridgehead atoms. The summed E-state index contributed by atoms with van der Waals surface area (Å²) in [7, 11) is 1.64. The fourth-order valence-corrected chi connectivity index (χ4v) is 0.502. The van der Waals surface area contributed by atoms with E-state index in [4.69, 9.17) is 5.11 Å². The minimum atomic E-state index is -0.782. The minimum Gasteiger partial charge on any atom is -0.480 e. The molecule has 0 aliphatic carbocycles. The van der Waals surface area contributed by atoms with Crippen LogP contribution in [-0.4, -0.2) is 24.2 Å². The molecule has 0 aromatic rings. The maximum absolute atomic E-state index is 10.1. The molecule has 2 N–H and O–H groups in total. The van der Waals surface area contributed by atoms with Gasteiger partial charge in [-0.2, -0.15) is 0 Å². The lowest BCUT2D eigenvalue weighted by atomic mass is 10.2. The Labute approximate surface area is 60.9 Å². The Morgan fingerprint density at radius 3 is 2.22 bits per heavy atom. The minimum absolute atomic E-state index is 0. The van der Waals surface area contributed by atoms with Crippen molar-refractivity contribution in [3.05, 3.63) is 0 Å². The van der Waals surface area contributed by atoms with E-state index in [0.717, 1.165) is 0 Å². The molecule has 0 amide bonds. The van der Waals surface area contributed by atoms with Crippen molar-refractivity contribution in [1.29, 1.82) is 0 Å². The zero-order valence-corrected chi connectivity index (χ0v) is 6.36. The standard InChI is InChI=1S/C5H11NO2.ClH/c1-3-4(6-2)5(7)8;/h4,6H,3H2,1-2H3,(H,7,8);1H. The lowest BCUT2D eigenvalue weighted by Gasteiger charge is -2.05. The van der Waals surface area contributed by atoms with Crippen molar-refractivity contribution in [3.63, 3.8) is 0 Å². The van der Waals surface area contributed by atoms with Gasteiger partial charge in [-0.05, 0) is 13.5 Å². The molecule has 0 aromatic carbocycles. The van der Waals surface area contributed by atoms with Crippen LogP contribution in [0.2, 0.25) is 0 Å². The normalized spacial score (nSPS) is 11.8. The summed E-state index contributed by atoms with van der Waals surface area (Å²) >= 11 is 0. The number of carboxylic acids is 1. The molecule has 0 aliphatic rings. The first-order valence-corrected chi connectivity index (χ1v) is 2.62. The Kier molecular flexibility index (Phi) is 7.48. The maximum Gasteiger partial charge on any atom is 0.320 e. The van der Waals surface area contributed by atoms with Crippen molar-refractivity contribution >= 4 is 18.4 Å². The smallest absolute Gasteiger partial charge is 0.320 e. The van der Waals surface area contributed by atoms with Gasteiger partial charge in [-0.25, -0.2) is 0 Å². The Bertz CT molecular complexity index is 83.0. The molecule has 9 heavy (non-hydrogen) atoms. The van der Waals surface area contributed by atoms with Crippen molar-refractivity contribution < 1.29 is 9.90 Å². The fourth-order valence-electron chi connectivity index (χ4n) is 0.502. The number of nitrogens with one attached hydrogen (secondary N) is 1. The summed E-state index contributed by atoms with van der Waals surface area (Å²) in [6.07, 6.45) is 0.631. The summed E-state index contributed by atoms with van der Waals surface area (Å²) in [5.74, 6) is -0.782. The van der Waals surface area contributed by atoms with Crippen LogP contribution in [0, 0.1) is 0 Å². The van der Waals surface area contributed by atoms with Crippen LogP contribution in [0.25, 0.3) is 0 Å². The van der Waals surface area contributed by atoms with Crippen molar-refractivity contribution in [2.75, 3.05) is 7.05 Å². The van der Waals surface area contributed by atoms with E-state index in [1.54, 1.807) is 7.05 Å². The van der Waals surface area contributed by atoms with Gasteiger partial charge in [0.05, 0.1) is 0 Å². The Morgan fingerprint density at radius 2 is 2.22 bits per heavy atom. The summed E-state index contributed by atoms with van der Waals surface area (Å²) in [6.45, 7) is 1.83. The predicted molar refractivity (Wildman–Crippen MR) is 38.0 cm³/mol. The zero-order chi connectivity index (χ0) is 6.57.